The molecule has 1 fully saturated rings. The lowest BCUT2D eigenvalue weighted by Crippen LogP contribution is -2.36. The number of hydrogen-bond acceptors (Lipinski definition) is 2. The van der Waals surface area contributed by atoms with Crippen molar-refractivity contribution < 1.29 is 13.0 Å². The van der Waals surface area contributed by atoms with Crippen LogP contribution < -0.4 is 0 Å². The smallest absolute Gasteiger partial charge is 0.268 e. The van der Waals surface area contributed by atoms with E-state index in [0.29, 0.717) is 12.3 Å². The van der Waals surface area contributed by atoms with E-state index in [2.05, 4.69) is 13.8 Å². The fraction of sp³-hybridized carbons (Fsp3) is 1.00. The van der Waals surface area contributed by atoms with Crippen LogP contribution in [0, 0.1) is 11.8 Å². The molecule has 0 heterocycles. The normalized spacial score (nSPS) is 28.9. The monoisotopic (exact) mass is 248 g/mol. The summed E-state index contributed by atoms with van der Waals surface area (Å²) in [5, 5.41) is -0.502. The Kier molecular flexibility index (Phi) is 5.25. The number of hydrogen-bond donors (Lipinski definition) is 1. The second kappa shape index (κ2) is 6.01. The standard InChI is InChI=1S/C12H24O3S/c1-3-7-10(4-2)11-8-5-6-9-12(11)16(13,14)15/h10-12H,3-9H2,1-2H3,(H,13,14,15). The van der Waals surface area contributed by atoms with Crippen molar-refractivity contribution in [3.05, 3.63) is 0 Å². The van der Waals surface area contributed by atoms with Gasteiger partial charge in [0.05, 0.1) is 5.25 Å². The topological polar surface area (TPSA) is 54.4 Å². The number of rotatable bonds is 5. The van der Waals surface area contributed by atoms with E-state index in [-0.39, 0.29) is 5.92 Å². The van der Waals surface area contributed by atoms with E-state index in [9.17, 15) is 13.0 Å². The van der Waals surface area contributed by atoms with Crippen molar-refractivity contribution in [1.29, 1.82) is 0 Å². The molecule has 1 aliphatic carbocycles. The van der Waals surface area contributed by atoms with Gasteiger partial charge in [-0.15, -0.1) is 0 Å². The average Bonchev–Trinajstić information content (AvgIpc) is 2.25. The van der Waals surface area contributed by atoms with Crippen molar-refractivity contribution >= 4 is 10.1 Å². The van der Waals surface area contributed by atoms with Gasteiger partial charge in [-0.25, -0.2) is 0 Å². The first-order valence-corrected chi connectivity index (χ1v) is 7.97. The molecule has 3 nitrogen and oxygen atoms in total. The van der Waals surface area contributed by atoms with Crippen LogP contribution >= 0.6 is 0 Å². The van der Waals surface area contributed by atoms with Crippen molar-refractivity contribution in [3.63, 3.8) is 0 Å². The van der Waals surface area contributed by atoms with Crippen molar-refractivity contribution in [3.8, 4) is 0 Å². The minimum absolute atomic E-state index is 0.175. The van der Waals surface area contributed by atoms with Gasteiger partial charge in [0, 0.05) is 0 Å². The van der Waals surface area contributed by atoms with Crippen molar-refractivity contribution in [2.24, 2.45) is 11.8 Å². The van der Waals surface area contributed by atoms with Gasteiger partial charge in [0.2, 0.25) is 0 Å². The molecule has 16 heavy (non-hydrogen) atoms. The van der Waals surface area contributed by atoms with Gasteiger partial charge in [0.15, 0.2) is 0 Å². The van der Waals surface area contributed by atoms with Gasteiger partial charge in [0.25, 0.3) is 10.1 Å². The van der Waals surface area contributed by atoms with E-state index < -0.39 is 15.4 Å². The Hall–Kier alpha value is -0.0900. The van der Waals surface area contributed by atoms with E-state index in [4.69, 9.17) is 0 Å². The van der Waals surface area contributed by atoms with Crippen LogP contribution in [0.25, 0.3) is 0 Å². The quantitative estimate of drug-likeness (QED) is 0.760. The molecule has 0 spiro atoms. The maximum Gasteiger partial charge on any atom is 0.268 e. The molecule has 3 unspecified atom stereocenters. The van der Waals surface area contributed by atoms with Gasteiger partial charge in [-0.05, 0) is 24.7 Å². The van der Waals surface area contributed by atoms with Crippen LogP contribution in [0.1, 0.15) is 58.8 Å². The Balaban J connectivity index is 2.80. The summed E-state index contributed by atoms with van der Waals surface area (Å²) in [6.07, 6.45) is 6.83. The Morgan fingerprint density at radius 2 is 1.88 bits per heavy atom. The fourth-order valence-electron chi connectivity index (χ4n) is 3.13. The first kappa shape index (κ1) is 14.0. The summed E-state index contributed by atoms with van der Waals surface area (Å²) in [7, 11) is -3.85. The molecule has 0 saturated heterocycles. The largest absolute Gasteiger partial charge is 0.285 e. The van der Waals surface area contributed by atoms with Crippen LogP contribution in [0.5, 0.6) is 0 Å². The molecule has 1 saturated carbocycles. The van der Waals surface area contributed by atoms with E-state index in [1.165, 1.54) is 0 Å². The zero-order chi connectivity index (χ0) is 12.2. The third kappa shape index (κ3) is 3.45. The molecule has 4 heteroatoms. The molecule has 0 aromatic rings. The Labute approximate surface area is 99.4 Å². The maximum absolute atomic E-state index is 11.4. The van der Waals surface area contributed by atoms with Crippen molar-refractivity contribution in [1.82, 2.24) is 0 Å². The van der Waals surface area contributed by atoms with Gasteiger partial charge in [-0.2, -0.15) is 8.42 Å². The highest BCUT2D eigenvalue weighted by Gasteiger charge is 2.37. The van der Waals surface area contributed by atoms with E-state index in [0.717, 1.165) is 38.5 Å². The summed E-state index contributed by atoms with van der Waals surface area (Å²) in [4.78, 5) is 0. The van der Waals surface area contributed by atoms with Gasteiger partial charge >= 0.3 is 0 Å². The minimum atomic E-state index is -3.85. The molecule has 0 aromatic heterocycles. The first-order valence-electron chi connectivity index (χ1n) is 6.47. The van der Waals surface area contributed by atoms with Crippen LogP contribution in [0.2, 0.25) is 0 Å². The van der Waals surface area contributed by atoms with Crippen molar-refractivity contribution in [2.45, 2.75) is 64.0 Å². The lowest BCUT2D eigenvalue weighted by atomic mass is 9.76. The predicted octanol–water partition coefficient (Wildman–Crippen LogP) is 3.26. The molecular weight excluding hydrogens is 224 g/mol. The van der Waals surface area contributed by atoms with Crippen molar-refractivity contribution in [2.75, 3.05) is 0 Å². The van der Waals surface area contributed by atoms with Crippen LogP contribution in [-0.4, -0.2) is 18.2 Å². The third-order valence-corrected chi connectivity index (χ3v) is 5.28. The van der Waals surface area contributed by atoms with Crippen LogP contribution in [0.15, 0.2) is 0 Å². The van der Waals surface area contributed by atoms with E-state index in [1.54, 1.807) is 0 Å². The highest BCUT2D eigenvalue weighted by molar-refractivity contribution is 7.86. The summed E-state index contributed by atoms with van der Waals surface area (Å²) >= 11 is 0. The van der Waals surface area contributed by atoms with Gasteiger partial charge in [-0.3, -0.25) is 4.55 Å². The maximum atomic E-state index is 11.4. The average molecular weight is 248 g/mol. The molecule has 0 amide bonds. The molecule has 96 valence electrons. The summed E-state index contributed by atoms with van der Waals surface area (Å²) in [5.74, 6) is 0.630. The molecule has 3 atom stereocenters. The molecule has 0 aromatic carbocycles. The molecule has 1 N–H and O–H groups in total. The Bertz CT molecular complexity index is 297. The molecule has 0 radical (unpaired) electrons. The minimum Gasteiger partial charge on any atom is -0.285 e. The van der Waals surface area contributed by atoms with Gasteiger partial charge < -0.3 is 0 Å². The SMILES string of the molecule is CCCC(CC)C1CCCCC1S(=O)(=O)O. The lowest BCUT2D eigenvalue weighted by molar-refractivity contribution is 0.224. The summed E-state index contributed by atoms with van der Waals surface area (Å²) in [5.41, 5.74) is 0. The second-order valence-corrected chi connectivity index (χ2v) is 6.59. The second-order valence-electron chi connectivity index (χ2n) is 4.96. The molecule has 0 bridgehead atoms. The summed E-state index contributed by atoms with van der Waals surface area (Å²) in [6, 6.07) is 0. The zero-order valence-corrected chi connectivity index (χ0v) is 11.2. The molecule has 1 rings (SSSR count). The van der Waals surface area contributed by atoms with E-state index >= 15 is 0 Å². The van der Waals surface area contributed by atoms with Crippen LogP contribution in [0.3, 0.4) is 0 Å². The van der Waals surface area contributed by atoms with Gasteiger partial charge in [-0.1, -0.05) is 46.0 Å². The van der Waals surface area contributed by atoms with Gasteiger partial charge in [0.1, 0.15) is 0 Å². The molecular formula is C12H24O3S. The summed E-state index contributed by atoms with van der Waals surface area (Å²) in [6.45, 7) is 4.25. The Morgan fingerprint density at radius 1 is 1.25 bits per heavy atom. The first-order chi connectivity index (χ1) is 7.50. The van der Waals surface area contributed by atoms with Crippen LogP contribution in [0.4, 0.5) is 0 Å². The third-order valence-electron chi connectivity index (χ3n) is 3.93. The van der Waals surface area contributed by atoms with Crippen LogP contribution in [-0.2, 0) is 10.1 Å². The molecule has 0 aliphatic heterocycles. The zero-order valence-electron chi connectivity index (χ0n) is 10.4. The predicted molar refractivity (Wildman–Crippen MR) is 66.0 cm³/mol. The van der Waals surface area contributed by atoms with E-state index in [1.807, 2.05) is 0 Å². The molecule has 1 aliphatic rings. The summed E-state index contributed by atoms with van der Waals surface area (Å²) < 4.78 is 32.1. The fourth-order valence-corrected chi connectivity index (χ4v) is 4.39. The lowest BCUT2D eigenvalue weighted by Gasteiger charge is -2.35. The highest BCUT2D eigenvalue weighted by atomic mass is 32.2. The highest BCUT2D eigenvalue weighted by Crippen LogP contribution is 2.37. The Morgan fingerprint density at radius 3 is 2.38 bits per heavy atom.